The summed E-state index contributed by atoms with van der Waals surface area (Å²) in [5.41, 5.74) is 1.13. The summed E-state index contributed by atoms with van der Waals surface area (Å²) in [6.45, 7) is 5.12. The van der Waals surface area contributed by atoms with Crippen LogP contribution in [0.2, 0.25) is 0 Å². The van der Waals surface area contributed by atoms with Crippen LogP contribution < -0.4 is 9.47 Å². The third-order valence-electron chi connectivity index (χ3n) is 4.08. The highest BCUT2D eigenvalue weighted by Crippen LogP contribution is 2.37. The lowest BCUT2D eigenvalue weighted by atomic mass is 9.97. The van der Waals surface area contributed by atoms with Crippen molar-refractivity contribution in [3.05, 3.63) is 22.2 Å². The van der Waals surface area contributed by atoms with Crippen LogP contribution in [0.5, 0.6) is 11.5 Å². The molecule has 6 heteroatoms. The molecule has 2 rings (SSSR count). The fourth-order valence-electron chi connectivity index (χ4n) is 2.80. The summed E-state index contributed by atoms with van der Waals surface area (Å²) in [6.07, 6.45) is 2.37. The molecule has 1 aromatic rings. The summed E-state index contributed by atoms with van der Waals surface area (Å²) in [5, 5.41) is 9.07. The van der Waals surface area contributed by atoms with E-state index >= 15 is 0 Å². The van der Waals surface area contributed by atoms with Crippen LogP contribution in [0, 0.1) is 5.92 Å². The highest BCUT2D eigenvalue weighted by Gasteiger charge is 2.24. The molecule has 0 atom stereocenters. The number of methoxy groups -OCH3 is 1. The molecule has 0 unspecified atom stereocenters. The minimum Gasteiger partial charge on any atom is -0.493 e. The van der Waals surface area contributed by atoms with E-state index in [0.29, 0.717) is 19.4 Å². The van der Waals surface area contributed by atoms with Crippen molar-refractivity contribution >= 4 is 21.9 Å². The number of aliphatic carboxylic acids is 1. The van der Waals surface area contributed by atoms with E-state index in [1.807, 2.05) is 6.07 Å². The molecule has 128 valence electrons. The molecule has 0 aliphatic carbocycles. The van der Waals surface area contributed by atoms with Crippen molar-refractivity contribution < 1.29 is 19.4 Å². The number of halogens is 1. The Balaban J connectivity index is 2.03. The maximum Gasteiger partial charge on any atom is 0.306 e. The number of carbonyl (C=O) groups is 1. The van der Waals surface area contributed by atoms with Gasteiger partial charge in [0.05, 0.1) is 24.1 Å². The van der Waals surface area contributed by atoms with Crippen molar-refractivity contribution in [3.63, 3.8) is 0 Å². The van der Waals surface area contributed by atoms with Gasteiger partial charge < -0.3 is 14.6 Å². The molecule has 5 nitrogen and oxygen atoms in total. The molecule has 1 N–H and O–H groups in total. The number of hydrogen-bond acceptors (Lipinski definition) is 4. The maximum absolute atomic E-state index is 11.0. The first-order chi connectivity index (χ1) is 11.0. The van der Waals surface area contributed by atoms with Crippen LogP contribution in [0.4, 0.5) is 0 Å². The minimum atomic E-state index is -0.675. The Hall–Kier alpha value is -1.27. The number of carboxylic acids is 1. The highest BCUT2D eigenvalue weighted by atomic mass is 79.9. The average molecular weight is 386 g/mol. The van der Waals surface area contributed by atoms with E-state index in [2.05, 4.69) is 33.8 Å². The van der Waals surface area contributed by atoms with E-state index in [-0.39, 0.29) is 5.92 Å². The number of likely N-dealkylation sites (tertiary alicyclic amines) is 1. The van der Waals surface area contributed by atoms with Gasteiger partial charge in [-0.1, -0.05) is 6.92 Å². The topological polar surface area (TPSA) is 59.0 Å². The van der Waals surface area contributed by atoms with Crippen molar-refractivity contribution in [1.29, 1.82) is 0 Å². The smallest absolute Gasteiger partial charge is 0.306 e. The van der Waals surface area contributed by atoms with E-state index in [4.69, 9.17) is 14.6 Å². The fourth-order valence-corrected chi connectivity index (χ4v) is 3.41. The quantitative estimate of drug-likeness (QED) is 0.777. The Morgan fingerprint density at radius 2 is 2.09 bits per heavy atom. The van der Waals surface area contributed by atoms with Gasteiger partial charge in [0.1, 0.15) is 0 Å². The lowest BCUT2D eigenvalue weighted by molar-refractivity contribution is -0.143. The second-order valence-corrected chi connectivity index (χ2v) is 6.70. The van der Waals surface area contributed by atoms with Gasteiger partial charge in [0.25, 0.3) is 0 Å². The standard InChI is InChI=1S/C17H24BrNO4/c1-3-8-23-16-14(18)9-12(10-15(16)22-2)11-19-6-4-13(5-7-19)17(20)21/h9-10,13H,3-8,11H2,1-2H3,(H,20,21). The summed E-state index contributed by atoms with van der Waals surface area (Å²) < 4.78 is 12.1. The number of benzene rings is 1. The van der Waals surface area contributed by atoms with Gasteiger partial charge in [0.15, 0.2) is 11.5 Å². The Morgan fingerprint density at radius 3 is 2.65 bits per heavy atom. The van der Waals surface area contributed by atoms with Crippen molar-refractivity contribution in [2.24, 2.45) is 5.92 Å². The van der Waals surface area contributed by atoms with Crippen LogP contribution in [-0.2, 0) is 11.3 Å². The average Bonchev–Trinajstić information content (AvgIpc) is 2.54. The molecule has 1 saturated heterocycles. The summed E-state index contributed by atoms with van der Waals surface area (Å²) in [6, 6.07) is 4.05. The van der Waals surface area contributed by atoms with Gasteiger partial charge >= 0.3 is 5.97 Å². The Morgan fingerprint density at radius 1 is 1.39 bits per heavy atom. The number of hydrogen-bond donors (Lipinski definition) is 1. The maximum atomic E-state index is 11.0. The molecule has 23 heavy (non-hydrogen) atoms. The van der Waals surface area contributed by atoms with E-state index in [0.717, 1.165) is 47.6 Å². The van der Waals surface area contributed by atoms with Crippen molar-refractivity contribution in [2.45, 2.75) is 32.7 Å². The molecule has 0 saturated carbocycles. The first kappa shape index (κ1) is 18.1. The van der Waals surface area contributed by atoms with Gasteiger partial charge in [0.2, 0.25) is 0 Å². The molecular formula is C17H24BrNO4. The van der Waals surface area contributed by atoms with Gasteiger partial charge in [-0.2, -0.15) is 0 Å². The van der Waals surface area contributed by atoms with Crippen LogP contribution in [0.15, 0.2) is 16.6 Å². The van der Waals surface area contributed by atoms with E-state index in [1.165, 1.54) is 0 Å². The van der Waals surface area contributed by atoms with Crippen LogP contribution in [0.25, 0.3) is 0 Å². The van der Waals surface area contributed by atoms with Crippen molar-refractivity contribution in [3.8, 4) is 11.5 Å². The minimum absolute atomic E-state index is 0.197. The van der Waals surface area contributed by atoms with E-state index in [1.54, 1.807) is 7.11 Å². The largest absolute Gasteiger partial charge is 0.493 e. The van der Waals surface area contributed by atoms with Crippen LogP contribution in [0.1, 0.15) is 31.7 Å². The van der Waals surface area contributed by atoms with Gasteiger partial charge in [-0.25, -0.2) is 0 Å². The lowest BCUT2D eigenvalue weighted by Gasteiger charge is -2.30. The normalized spacial score (nSPS) is 16.3. The third-order valence-corrected chi connectivity index (χ3v) is 4.67. The molecule has 1 fully saturated rings. The number of rotatable bonds is 7. The lowest BCUT2D eigenvalue weighted by Crippen LogP contribution is -2.35. The molecule has 1 aromatic carbocycles. The van der Waals surface area contributed by atoms with E-state index < -0.39 is 5.97 Å². The Bertz CT molecular complexity index is 542. The SMILES string of the molecule is CCCOc1c(Br)cc(CN2CCC(C(=O)O)CC2)cc1OC. The van der Waals surface area contributed by atoms with Crippen LogP contribution >= 0.6 is 15.9 Å². The second kappa shape index (κ2) is 8.55. The Kier molecular flexibility index (Phi) is 6.72. The monoisotopic (exact) mass is 385 g/mol. The predicted octanol–water partition coefficient (Wildman–Crippen LogP) is 3.54. The number of piperidine rings is 1. The van der Waals surface area contributed by atoms with Crippen molar-refractivity contribution in [1.82, 2.24) is 4.90 Å². The molecule has 1 aliphatic rings. The van der Waals surface area contributed by atoms with Crippen LogP contribution in [-0.4, -0.2) is 42.8 Å². The first-order valence-electron chi connectivity index (χ1n) is 7.99. The molecule has 0 aromatic heterocycles. The van der Waals surface area contributed by atoms with Gasteiger partial charge in [0, 0.05) is 6.54 Å². The van der Waals surface area contributed by atoms with Crippen molar-refractivity contribution in [2.75, 3.05) is 26.8 Å². The number of ether oxygens (including phenoxy) is 2. The number of carboxylic acid groups (broad SMARTS) is 1. The summed E-state index contributed by atoms with van der Waals surface area (Å²) in [4.78, 5) is 13.3. The fraction of sp³-hybridized carbons (Fsp3) is 0.588. The predicted molar refractivity (Wildman–Crippen MR) is 92.1 cm³/mol. The molecular weight excluding hydrogens is 362 g/mol. The zero-order valence-electron chi connectivity index (χ0n) is 13.7. The Labute approximate surface area is 145 Å². The van der Waals surface area contributed by atoms with E-state index in [9.17, 15) is 4.79 Å². The summed E-state index contributed by atoms with van der Waals surface area (Å²) >= 11 is 3.56. The van der Waals surface area contributed by atoms with Gasteiger partial charge in [-0.15, -0.1) is 0 Å². The van der Waals surface area contributed by atoms with Gasteiger partial charge in [-0.3, -0.25) is 9.69 Å². The van der Waals surface area contributed by atoms with Crippen LogP contribution in [0.3, 0.4) is 0 Å². The van der Waals surface area contributed by atoms with Gasteiger partial charge in [-0.05, 0) is 66.0 Å². The zero-order valence-corrected chi connectivity index (χ0v) is 15.3. The molecule has 1 aliphatic heterocycles. The summed E-state index contributed by atoms with van der Waals surface area (Å²) in [7, 11) is 1.64. The molecule has 0 bridgehead atoms. The number of nitrogens with zero attached hydrogens (tertiary/aromatic N) is 1. The molecule has 0 spiro atoms. The third kappa shape index (κ3) is 4.85. The molecule has 0 radical (unpaired) electrons. The second-order valence-electron chi connectivity index (χ2n) is 5.85. The molecule has 1 heterocycles. The summed E-state index contributed by atoms with van der Waals surface area (Å²) in [5.74, 6) is 0.592. The highest BCUT2D eigenvalue weighted by molar-refractivity contribution is 9.10. The molecule has 0 amide bonds. The first-order valence-corrected chi connectivity index (χ1v) is 8.78. The zero-order chi connectivity index (χ0) is 16.8.